The van der Waals surface area contributed by atoms with E-state index in [1.165, 1.54) is 0 Å². The number of amides is 1. The van der Waals surface area contributed by atoms with Crippen molar-refractivity contribution in [3.63, 3.8) is 0 Å². The molecule has 1 fully saturated rings. The molecule has 6 N–H and O–H groups in total. The van der Waals surface area contributed by atoms with E-state index in [4.69, 9.17) is 21.6 Å². The molecular formula is C39H37N5O2. The maximum absolute atomic E-state index is 13.8. The van der Waals surface area contributed by atoms with Gasteiger partial charge in [0.2, 0.25) is 0 Å². The highest BCUT2D eigenvalue weighted by molar-refractivity contribution is 6.02. The lowest BCUT2D eigenvalue weighted by Crippen LogP contribution is -2.41. The molecule has 0 bridgehead atoms. The monoisotopic (exact) mass is 607 g/mol. The number of carbonyl (C=O) groups excluding carboxylic acids is 1. The van der Waals surface area contributed by atoms with Crippen LogP contribution in [0.25, 0.3) is 32.8 Å². The lowest BCUT2D eigenvalue weighted by atomic mass is 9.92. The number of hydrogen-bond acceptors (Lipinski definition) is 4. The molecule has 7 rings (SSSR count). The standard InChI is InChI=1S/C39H37N5O2/c40-31-14-16-32(17-15-31)43-39(45)37-22-28-10-11-29(38(41)42)23-36(28)44(37)24-30-21-34(20-27-8-4-5-9-35(27)30)46-33-18-12-26(13-19-33)25-6-2-1-3-7-25/h1-13,18-23,31-32H,14-17,24,40H2,(H3,41,42)(H,43,45). The summed E-state index contributed by atoms with van der Waals surface area (Å²) in [7, 11) is 0. The molecule has 0 spiro atoms. The van der Waals surface area contributed by atoms with Crippen molar-refractivity contribution in [2.45, 2.75) is 44.3 Å². The smallest absolute Gasteiger partial charge is 0.268 e. The van der Waals surface area contributed by atoms with Gasteiger partial charge in [0, 0.05) is 35.1 Å². The van der Waals surface area contributed by atoms with Crippen LogP contribution in [0.4, 0.5) is 0 Å². The molecule has 0 radical (unpaired) electrons. The van der Waals surface area contributed by atoms with Crippen LogP contribution in [0.1, 0.15) is 47.3 Å². The van der Waals surface area contributed by atoms with E-state index in [2.05, 4.69) is 47.8 Å². The number of nitrogens with zero attached hydrogens (tertiary/aromatic N) is 1. The summed E-state index contributed by atoms with van der Waals surface area (Å²) in [6.07, 6.45) is 3.56. The highest BCUT2D eigenvalue weighted by Crippen LogP contribution is 2.32. The van der Waals surface area contributed by atoms with Crippen molar-refractivity contribution in [3.8, 4) is 22.6 Å². The number of fused-ring (bicyclic) bond motifs is 2. The molecule has 0 unspecified atom stereocenters. The van der Waals surface area contributed by atoms with Gasteiger partial charge in [0.15, 0.2) is 0 Å². The molecule has 0 aliphatic heterocycles. The average Bonchev–Trinajstić information content (AvgIpc) is 3.44. The Morgan fingerprint density at radius 1 is 0.783 bits per heavy atom. The Labute approximate surface area is 268 Å². The van der Waals surface area contributed by atoms with E-state index >= 15 is 0 Å². The zero-order valence-corrected chi connectivity index (χ0v) is 25.6. The van der Waals surface area contributed by atoms with Crippen molar-refractivity contribution in [2.24, 2.45) is 11.5 Å². The molecule has 1 aliphatic rings. The molecule has 7 nitrogen and oxygen atoms in total. The van der Waals surface area contributed by atoms with Gasteiger partial charge < -0.3 is 26.1 Å². The van der Waals surface area contributed by atoms with Crippen LogP contribution < -0.4 is 21.5 Å². The summed E-state index contributed by atoms with van der Waals surface area (Å²) in [5.74, 6) is 1.33. The van der Waals surface area contributed by atoms with Crippen LogP contribution in [0.3, 0.4) is 0 Å². The predicted molar refractivity (Wildman–Crippen MR) is 186 cm³/mol. The van der Waals surface area contributed by atoms with Crippen LogP contribution >= 0.6 is 0 Å². The normalized spacial score (nSPS) is 16.4. The molecule has 7 heteroatoms. The number of aromatic nitrogens is 1. The molecule has 230 valence electrons. The van der Waals surface area contributed by atoms with Crippen LogP contribution in [0.2, 0.25) is 0 Å². The van der Waals surface area contributed by atoms with Gasteiger partial charge in [0.25, 0.3) is 5.91 Å². The average molecular weight is 608 g/mol. The second-order valence-electron chi connectivity index (χ2n) is 12.2. The summed E-state index contributed by atoms with van der Waals surface area (Å²) < 4.78 is 8.45. The number of rotatable bonds is 8. The van der Waals surface area contributed by atoms with E-state index in [9.17, 15) is 4.79 Å². The molecule has 1 amide bonds. The Hall–Kier alpha value is -5.40. The van der Waals surface area contributed by atoms with Crippen LogP contribution in [0.15, 0.2) is 115 Å². The molecule has 5 aromatic carbocycles. The largest absolute Gasteiger partial charge is 0.457 e. The minimum atomic E-state index is -0.115. The first-order valence-electron chi connectivity index (χ1n) is 15.8. The van der Waals surface area contributed by atoms with Crippen molar-refractivity contribution in [2.75, 3.05) is 0 Å². The van der Waals surface area contributed by atoms with Crippen molar-refractivity contribution < 1.29 is 9.53 Å². The Kier molecular flexibility index (Phi) is 7.99. The molecule has 1 heterocycles. The van der Waals surface area contributed by atoms with Crippen LogP contribution in [-0.2, 0) is 6.54 Å². The first-order chi connectivity index (χ1) is 22.4. The highest BCUT2D eigenvalue weighted by atomic mass is 16.5. The van der Waals surface area contributed by atoms with E-state index in [1.807, 2.05) is 77.4 Å². The fraction of sp³-hybridized carbons (Fsp3) is 0.179. The number of amidine groups is 1. The molecule has 46 heavy (non-hydrogen) atoms. The molecule has 6 aromatic rings. The highest BCUT2D eigenvalue weighted by Gasteiger charge is 2.24. The number of ether oxygens (including phenoxy) is 1. The number of carbonyl (C=O) groups is 1. The van der Waals surface area contributed by atoms with Crippen molar-refractivity contribution >= 4 is 33.4 Å². The summed E-state index contributed by atoms with van der Waals surface area (Å²) in [4.78, 5) is 13.8. The summed E-state index contributed by atoms with van der Waals surface area (Å²) in [5.41, 5.74) is 17.3. The third-order valence-electron chi connectivity index (χ3n) is 9.00. The van der Waals surface area contributed by atoms with Gasteiger partial charge in [-0.25, -0.2) is 0 Å². The van der Waals surface area contributed by atoms with E-state index < -0.39 is 0 Å². The Morgan fingerprint density at radius 3 is 2.26 bits per heavy atom. The lowest BCUT2D eigenvalue weighted by Gasteiger charge is -2.27. The zero-order valence-electron chi connectivity index (χ0n) is 25.6. The van der Waals surface area contributed by atoms with Gasteiger partial charge in [-0.2, -0.15) is 0 Å². The predicted octanol–water partition coefficient (Wildman–Crippen LogP) is 7.59. The summed E-state index contributed by atoms with van der Waals surface area (Å²) >= 11 is 0. The van der Waals surface area contributed by atoms with Crippen LogP contribution in [0.5, 0.6) is 11.5 Å². The van der Waals surface area contributed by atoms with Crippen molar-refractivity contribution in [1.82, 2.24) is 9.88 Å². The van der Waals surface area contributed by atoms with Crippen molar-refractivity contribution in [1.29, 1.82) is 5.41 Å². The second-order valence-corrected chi connectivity index (χ2v) is 12.2. The minimum absolute atomic E-state index is 0.0154. The SMILES string of the molecule is N=C(N)c1ccc2cc(C(=O)NC3CCC(N)CC3)n(Cc3cc(Oc4ccc(-c5ccccc5)cc4)cc4ccccc34)c2c1. The van der Waals surface area contributed by atoms with E-state index in [0.29, 0.717) is 23.6 Å². The number of nitrogens with two attached hydrogens (primary N) is 2. The topological polar surface area (TPSA) is 119 Å². The first-order valence-corrected chi connectivity index (χ1v) is 15.8. The van der Waals surface area contributed by atoms with Gasteiger partial charge in [-0.3, -0.25) is 10.2 Å². The molecule has 1 saturated carbocycles. The molecule has 0 atom stereocenters. The van der Waals surface area contributed by atoms with Gasteiger partial charge in [-0.1, -0.05) is 78.9 Å². The molecule has 0 saturated heterocycles. The Bertz CT molecular complexity index is 2040. The van der Waals surface area contributed by atoms with Gasteiger partial charge in [-0.05, 0) is 89.5 Å². The maximum atomic E-state index is 13.8. The Balaban J connectivity index is 1.25. The van der Waals surface area contributed by atoms with E-state index in [0.717, 1.165) is 69.8 Å². The summed E-state index contributed by atoms with van der Waals surface area (Å²) in [6, 6.07) is 38.6. The fourth-order valence-corrected chi connectivity index (χ4v) is 6.51. The number of benzene rings is 5. The van der Waals surface area contributed by atoms with Gasteiger partial charge in [0.1, 0.15) is 23.0 Å². The van der Waals surface area contributed by atoms with Gasteiger partial charge >= 0.3 is 0 Å². The third-order valence-corrected chi connectivity index (χ3v) is 9.00. The second kappa shape index (κ2) is 12.5. The van der Waals surface area contributed by atoms with Crippen LogP contribution in [0, 0.1) is 5.41 Å². The molecule has 1 aromatic heterocycles. The summed E-state index contributed by atoms with van der Waals surface area (Å²) in [5, 5.41) is 14.3. The quantitative estimate of drug-likeness (QED) is 0.105. The van der Waals surface area contributed by atoms with Crippen LogP contribution in [-0.4, -0.2) is 28.4 Å². The number of hydrogen-bond donors (Lipinski definition) is 4. The third kappa shape index (κ3) is 6.10. The summed E-state index contributed by atoms with van der Waals surface area (Å²) in [6.45, 7) is 0.424. The van der Waals surface area contributed by atoms with Crippen molar-refractivity contribution in [3.05, 3.63) is 132 Å². The number of nitrogens with one attached hydrogen (secondary N) is 2. The Morgan fingerprint density at radius 2 is 1.50 bits per heavy atom. The van der Waals surface area contributed by atoms with Gasteiger partial charge in [0.05, 0.1) is 0 Å². The fourth-order valence-electron chi connectivity index (χ4n) is 6.51. The number of nitrogen functional groups attached to an aromatic ring is 1. The first kappa shape index (κ1) is 29.3. The van der Waals surface area contributed by atoms with E-state index in [-0.39, 0.29) is 23.8 Å². The zero-order chi connectivity index (χ0) is 31.6. The minimum Gasteiger partial charge on any atom is -0.457 e. The molecule has 1 aliphatic carbocycles. The lowest BCUT2D eigenvalue weighted by molar-refractivity contribution is 0.0917. The van der Waals surface area contributed by atoms with Gasteiger partial charge in [-0.15, -0.1) is 0 Å². The van der Waals surface area contributed by atoms with E-state index in [1.54, 1.807) is 0 Å². The maximum Gasteiger partial charge on any atom is 0.268 e. The molecular weight excluding hydrogens is 570 g/mol.